The van der Waals surface area contributed by atoms with E-state index in [9.17, 15) is 4.79 Å². The summed E-state index contributed by atoms with van der Waals surface area (Å²) in [6, 6.07) is 15.2. The SMILES string of the molecule is CC(C)(C)c1ccc(C(=O)C=Cc2ccc(Cl)cc2)cc1. The molecular formula is C19H19ClO. The third-order valence-electron chi connectivity index (χ3n) is 3.33. The summed E-state index contributed by atoms with van der Waals surface area (Å²) >= 11 is 5.83. The van der Waals surface area contributed by atoms with Crippen LogP contribution in [-0.2, 0) is 5.41 Å². The number of carbonyl (C=O) groups excluding carboxylic acids is 1. The molecule has 0 saturated heterocycles. The average Bonchev–Trinajstić information content (AvgIpc) is 2.45. The first-order valence-electron chi connectivity index (χ1n) is 6.95. The van der Waals surface area contributed by atoms with Gasteiger partial charge in [-0.1, -0.05) is 74.8 Å². The summed E-state index contributed by atoms with van der Waals surface area (Å²) in [5.41, 5.74) is 2.98. The molecule has 0 aliphatic rings. The molecule has 0 aromatic heterocycles. The van der Waals surface area contributed by atoms with Crippen molar-refractivity contribution >= 4 is 23.5 Å². The Bertz CT molecular complexity index is 643. The minimum atomic E-state index is 0.00501. The number of benzene rings is 2. The molecule has 0 aliphatic carbocycles. The first-order valence-corrected chi connectivity index (χ1v) is 7.32. The molecule has 108 valence electrons. The molecule has 0 atom stereocenters. The highest BCUT2D eigenvalue weighted by molar-refractivity contribution is 6.30. The van der Waals surface area contributed by atoms with Crippen LogP contribution < -0.4 is 0 Å². The molecule has 0 fully saturated rings. The average molecular weight is 299 g/mol. The number of rotatable bonds is 3. The van der Waals surface area contributed by atoms with Crippen molar-refractivity contribution in [3.05, 3.63) is 76.3 Å². The Hall–Kier alpha value is -1.86. The molecule has 21 heavy (non-hydrogen) atoms. The first-order chi connectivity index (χ1) is 9.86. The molecule has 0 bridgehead atoms. The van der Waals surface area contributed by atoms with Gasteiger partial charge in [-0.25, -0.2) is 0 Å². The molecule has 2 aromatic carbocycles. The standard InChI is InChI=1S/C19H19ClO/c1-19(2,3)16-9-7-15(8-10-16)18(21)13-6-14-4-11-17(20)12-5-14/h4-13H,1-3H3. The maximum absolute atomic E-state index is 12.1. The molecule has 1 nitrogen and oxygen atoms in total. The maximum Gasteiger partial charge on any atom is 0.185 e. The molecule has 0 aliphatic heterocycles. The fourth-order valence-corrected chi connectivity index (χ4v) is 2.10. The summed E-state index contributed by atoms with van der Waals surface area (Å²) in [5.74, 6) is 0.00501. The number of allylic oxidation sites excluding steroid dienone is 1. The van der Waals surface area contributed by atoms with Gasteiger partial charge >= 0.3 is 0 Å². The van der Waals surface area contributed by atoms with Gasteiger partial charge in [-0.15, -0.1) is 0 Å². The van der Waals surface area contributed by atoms with Gasteiger partial charge in [0.15, 0.2) is 5.78 Å². The Morgan fingerprint density at radius 1 is 0.952 bits per heavy atom. The van der Waals surface area contributed by atoms with Gasteiger partial charge in [-0.3, -0.25) is 4.79 Å². The van der Waals surface area contributed by atoms with Crippen LogP contribution in [0.4, 0.5) is 0 Å². The summed E-state index contributed by atoms with van der Waals surface area (Å²) in [6.45, 7) is 6.47. The van der Waals surface area contributed by atoms with Crippen molar-refractivity contribution in [2.24, 2.45) is 0 Å². The molecule has 0 amide bonds. The van der Waals surface area contributed by atoms with Gasteiger partial charge in [-0.05, 0) is 34.8 Å². The van der Waals surface area contributed by atoms with Crippen LogP contribution in [-0.4, -0.2) is 5.78 Å². The van der Waals surface area contributed by atoms with Gasteiger partial charge in [0, 0.05) is 10.6 Å². The van der Waals surface area contributed by atoms with Crippen LogP contribution >= 0.6 is 11.6 Å². The van der Waals surface area contributed by atoms with Crippen molar-refractivity contribution in [3.63, 3.8) is 0 Å². The first kappa shape index (κ1) is 15.5. The topological polar surface area (TPSA) is 17.1 Å². The summed E-state index contributed by atoms with van der Waals surface area (Å²) in [4.78, 5) is 12.1. The Kier molecular flexibility index (Phi) is 4.64. The zero-order valence-corrected chi connectivity index (χ0v) is 13.3. The second-order valence-corrected chi connectivity index (χ2v) is 6.51. The molecule has 0 radical (unpaired) electrons. The molecular weight excluding hydrogens is 280 g/mol. The Morgan fingerprint density at radius 3 is 2.05 bits per heavy atom. The zero-order valence-electron chi connectivity index (χ0n) is 12.6. The lowest BCUT2D eigenvalue weighted by atomic mass is 9.86. The lowest BCUT2D eigenvalue weighted by Gasteiger charge is -2.18. The summed E-state index contributed by atoms with van der Waals surface area (Å²) in [7, 11) is 0. The summed E-state index contributed by atoms with van der Waals surface area (Å²) in [5, 5.41) is 0.691. The Morgan fingerprint density at radius 2 is 1.52 bits per heavy atom. The predicted molar refractivity (Wildman–Crippen MR) is 90.0 cm³/mol. The lowest BCUT2D eigenvalue weighted by Crippen LogP contribution is -2.11. The van der Waals surface area contributed by atoms with Crippen molar-refractivity contribution in [1.29, 1.82) is 0 Å². The predicted octanol–water partition coefficient (Wildman–Crippen LogP) is 5.53. The van der Waals surface area contributed by atoms with Crippen molar-refractivity contribution in [1.82, 2.24) is 0 Å². The van der Waals surface area contributed by atoms with Crippen molar-refractivity contribution < 1.29 is 4.79 Å². The van der Waals surface area contributed by atoms with Gasteiger partial charge in [0.1, 0.15) is 0 Å². The molecule has 0 unspecified atom stereocenters. The summed E-state index contributed by atoms with van der Waals surface area (Å²) < 4.78 is 0. The smallest absolute Gasteiger partial charge is 0.185 e. The van der Waals surface area contributed by atoms with E-state index in [0.717, 1.165) is 5.56 Å². The second-order valence-electron chi connectivity index (χ2n) is 6.08. The largest absolute Gasteiger partial charge is 0.289 e. The fraction of sp³-hybridized carbons (Fsp3) is 0.211. The normalized spacial score (nSPS) is 11.8. The quantitative estimate of drug-likeness (QED) is 0.537. The van der Waals surface area contributed by atoms with E-state index in [1.54, 1.807) is 12.2 Å². The van der Waals surface area contributed by atoms with Crippen molar-refractivity contribution in [2.75, 3.05) is 0 Å². The lowest BCUT2D eigenvalue weighted by molar-refractivity contribution is 0.104. The van der Waals surface area contributed by atoms with Crippen LogP contribution in [0.5, 0.6) is 0 Å². The van der Waals surface area contributed by atoms with Crippen LogP contribution in [0.2, 0.25) is 5.02 Å². The van der Waals surface area contributed by atoms with E-state index in [1.165, 1.54) is 5.56 Å². The molecule has 0 spiro atoms. The van der Waals surface area contributed by atoms with E-state index in [-0.39, 0.29) is 11.2 Å². The van der Waals surface area contributed by atoms with Gasteiger partial charge < -0.3 is 0 Å². The van der Waals surface area contributed by atoms with E-state index >= 15 is 0 Å². The highest BCUT2D eigenvalue weighted by atomic mass is 35.5. The van der Waals surface area contributed by atoms with Gasteiger partial charge in [0.2, 0.25) is 0 Å². The third kappa shape index (κ3) is 4.30. The van der Waals surface area contributed by atoms with Crippen LogP contribution in [0.3, 0.4) is 0 Å². The van der Waals surface area contributed by atoms with E-state index in [0.29, 0.717) is 10.6 Å². The molecule has 0 saturated carbocycles. The second kappa shape index (κ2) is 6.28. The van der Waals surface area contributed by atoms with Crippen molar-refractivity contribution in [2.45, 2.75) is 26.2 Å². The minimum Gasteiger partial charge on any atom is -0.289 e. The van der Waals surface area contributed by atoms with Crippen LogP contribution in [0.15, 0.2) is 54.6 Å². The molecule has 2 aromatic rings. The molecule has 0 N–H and O–H groups in total. The highest BCUT2D eigenvalue weighted by Gasteiger charge is 2.13. The maximum atomic E-state index is 12.1. The summed E-state index contributed by atoms with van der Waals surface area (Å²) in [6.07, 6.45) is 3.39. The van der Waals surface area contributed by atoms with E-state index in [1.807, 2.05) is 48.5 Å². The molecule has 2 rings (SSSR count). The number of hydrogen-bond acceptors (Lipinski definition) is 1. The number of halogens is 1. The van der Waals surface area contributed by atoms with Crippen LogP contribution in [0.25, 0.3) is 6.08 Å². The number of ketones is 1. The van der Waals surface area contributed by atoms with Crippen molar-refractivity contribution in [3.8, 4) is 0 Å². The van der Waals surface area contributed by atoms with Gasteiger partial charge in [0.05, 0.1) is 0 Å². The number of hydrogen-bond donors (Lipinski definition) is 0. The van der Waals surface area contributed by atoms with Gasteiger partial charge in [-0.2, -0.15) is 0 Å². The van der Waals surface area contributed by atoms with E-state index in [2.05, 4.69) is 20.8 Å². The minimum absolute atomic E-state index is 0.00501. The van der Waals surface area contributed by atoms with E-state index in [4.69, 9.17) is 11.6 Å². The third-order valence-corrected chi connectivity index (χ3v) is 3.58. The molecule has 2 heteroatoms. The zero-order chi connectivity index (χ0) is 15.5. The molecule has 0 heterocycles. The Labute approximate surface area is 131 Å². The Balaban J connectivity index is 2.11. The van der Waals surface area contributed by atoms with Gasteiger partial charge in [0.25, 0.3) is 0 Å². The van der Waals surface area contributed by atoms with Crippen LogP contribution in [0, 0.1) is 0 Å². The van der Waals surface area contributed by atoms with Crippen LogP contribution in [0.1, 0.15) is 42.3 Å². The monoisotopic (exact) mass is 298 g/mol. The van der Waals surface area contributed by atoms with E-state index < -0.39 is 0 Å². The highest BCUT2D eigenvalue weighted by Crippen LogP contribution is 2.22. The number of carbonyl (C=O) groups is 1. The fourth-order valence-electron chi connectivity index (χ4n) is 1.98.